The third-order valence-corrected chi connectivity index (χ3v) is 2.39. The summed E-state index contributed by atoms with van der Waals surface area (Å²) in [5.74, 6) is 1.02. The predicted octanol–water partition coefficient (Wildman–Crippen LogP) is 2.73. The van der Waals surface area contributed by atoms with E-state index in [4.69, 9.17) is 4.74 Å². The number of hydrogen-bond acceptors (Lipinski definition) is 2. The van der Waals surface area contributed by atoms with Gasteiger partial charge in [-0.15, -0.1) is 0 Å². The molecule has 0 saturated carbocycles. The minimum Gasteiger partial charge on any atom is -0.476 e. The van der Waals surface area contributed by atoms with Crippen molar-refractivity contribution in [3.63, 3.8) is 0 Å². The molecule has 1 aromatic rings. The summed E-state index contributed by atoms with van der Waals surface area (Å²) < 4.78 is 5.44. The number of ether oxygens (including phenoxy) is 1. The third-order valence-electron chi connectivity index (χ3n) is 2.39. The van der Waals surface area contributed by atoms with E-state index in [1.807, 2.05) is 25.1 Å². The first kappa shape index (κ1) is 8.17. The Labute approximate surface area is 78.4 Å². The summed E-state index contributed by atoms with van der Waals surface area (Å²) in [7, 11) is 0. The second kappa shape index (κ2) is 3.13. The SMILES string of the molecule is CC1=C(C)N(c2ccccc2)CO1. The standard InChI is InChI=1S/C11H13NO/c1-9-10(2)13-8-12(9)11-6-4-3-5-7-11/h3-7H,8H2,1-2H3. The van der Waals surface area contributed by atoms with Crippen LogP contribution in [-0.4, -0.2) is 6.73 Å². The Morgan fingerprint density at radius 3 is 2.38 bits per heavy atom. The van der Waals surface area contributed by atoms with E-state index in [2.05, 4.69) is 24.0 Å². The molecule has 13 heavy (non-hydrogen) atoms. The van der Waals surface area contributed by atoms with Crippen LogP contribution in [0.1, 0.15) is 13.8 Å². The zero-order valence-electron chi connectivity index (χ0n) is 7.95. The second-order valence-corrected chi connectivity index (χ2v) is 3.18. The van der Waals surface area contributed by atoms with Crippen molar-refractivity contribution in [3.8, 4) is 0 Å². The van der Waals surface area contributed by atoms with Gasteiger partial charge >= 0.3 is 0 Å². The van der Waals surface area contributed by atoms with Crippen LogP contribution in [0.5, 0.6) is 0 Å². The Hall–Kier alpha value is -1.44. The fourth-order valence-electron chi connectivity index (χ4n) is 1.43. The molecule has 1 aromatic carbocycles. The van der Waals surface area contributed by atoms with Gasteiger partial charge in [0, 0.05) is 5.69 Å². The summed E-state index contributed by atoms with van der Waals surface area (Å²) in [4.78, 5) is 2.16. The van der Waals surface area contributed by atoms with Crippen LogP contribution in [0.15, 0.2) is 41.8 Å². The molecule has 0 saturated heterocycles. The summed E-state index contributed by atoms with van der Waals surface area (Å²) in [6.07, 6.45) is 0. The lowest BCUT2D eigenvalue weighted by Gasteiger charge is -2.16. The van der Waals surface area contributed by atoms with Gasteiger partial charge in [0.05, 0.1) is 5.70 Å². The first-order valence-corrected chi connectivity index (χ1v) is 4.42. The molecule has 2 heteroatoms. The van der Waals surface area contributed by atoms with Crippen molar-refractivity contribution in [2.45, 2.75) is 13.8 Å². The highest BCUT2D eigenvalue weighted by molar-refractivity contribution is 5.52. The number of anilines is 1. The minimum absolute atomic E-state index is 0.641. The fourth-order valence-corrected chi connectivity index (χ4v) is 1.43. The number of allylic oxidation sites excluding steroid dienone is 2. The Kier molecular flexibility index (Phi) is 1.97. The van der Waals surface area contributed by atoms with Gasteiger partial charge < -0.3 is 9.64 Å². The smallest absolute Gasteiger partial charge is 0.165 e. The number of para-hydroxylation sites is 1. The van der Waals surface area contributed by atoms with Gasteiger partial charge in [0.1, 0.15) is 5.76 Å². The van der Waals surface area contributed by atoms with Crippen LogP contribution >= 0.6 is 0 Å². The normalized spacial score (nSPS) is 16.3. The highest BCUT2D eigenvalue weighted by Gasteiger charge is 2.17. The van der Waals surface area contributed by atoms with E-state index in [1.165, 1.54) is 11.4 Å². The van der Waals surface area contributed by atoms with Crippen molar-refractivity contribution < 1.29 is 4.74 Å². The highest BCUT2D eigenvalue weighted by atomic mass is 16.5. The number of hydrogen-bond donors (Lipinski definition) is 0. The van der Waals surface area contributed by atoms with Crippen LogP contribution in [0.3, 0.4) is 0 Å². The van der Waals surface area contributed by atoms with E-state index in [0.29, 0.717) is 6.73 Å². The summed E-state index contributed by atoms with van der Waals surface area (Å²) in [5.41, 5.74) is 2.39. The number of benzene rings is 1. The largest absolute Gasteiger partial charge is 0.476 e. The van der Waals surface area contributed by atoms with Crippen LogP contribution in [0, 0.1) is 0 Å². The Bertz CT molecular complexity index is 329. The van der Waals surface area contributed by atoms with Crippen molar-refractivity contribution in [2.75, 3.05) is 11.6 Å². The van der Waals surface area contributed by atoms with Crippen molar-refractivity contribution in [1.82, 2.24) is 0 Å². The van der Waals surface area contributed by atoms with Crippen molar-refractivity contribution in [3.05, 3.63) is 41.8 Å². The van der Waals surface area contributed by atoms with Gasteiger partial charge in [-0.3, -0.25) is 0 Å². The van der Waals surface area contributed by atoms with Gasteiger partial charge in [0.2, 0.25) is 0 Å². The number of rotatable bonds is 1. The van der Waals surface area contributed by atoms with Crippen molar-refractivity contribution in [1.29, 1.82) is 0 Å². The highest BCUT2D eigenvalue weighted by Crippen LogP contribution is 2.25. The molecule has 0 atom stereocenters. The number of nitrogens with zero attached hydrogens (tertiary/aromatic N) is 1. The van der Waals surface area contributed by atoms with E-state index >= 15 is 0 Å². The van der Waals surface area contributed by atoms with E-state index in [1.54, 1.807) is 0 Å². The molecule has 2 rings (SSSR count). The molecule has 0 amide bonds. The van der Waals surface area contributed by atoms with Gasteiger partial charge in [0.25, 0.3) is 0 Å². The molecule has 1 heterocycles. The molecule has 68 valence electrons. The summed E-state index contributed by atoms with van der Waals surface area (Å²) in [5, 5.41) is 0. The molecule has 0 fully saturated rings. The maximum Gasteiger partial charge on any atom is 0.165 e. The van der Waals surface area contributed by atoms with Crippen LogP contribution in [0.2, 0.25) is 0 Å². The molecule has 0 unspecified atom stereocenters. The zero-order valence-corrected chi connectivity index (χ0v) is 7.95. The molecule has 0 spiro atoms. The minimum atomic E-state index is 0.641. The average molecular weight is 175 g/mol. The van der Waals surface area contributed by atoms with E-state index in [9.17, 15) is 0 Å². The van der Waals surface area contributed by atoms with E-state index in [-0.39, 0.29) is 0 Å². The predicted molar refractivity (Wildman–Crippen MR) is 53.2 cm³/mol. The first-order valence-electron chi connectivity index (χ1n) is 4.42. The molecule has 1 aliphatic heterocycles. The molecule has 0 bridgehead atoms. The zero-order chi connectivity index (χ0) is 9.26. The van der Waals surface area contributed by atoms with Crippen molar-refractivity contribution in [2.24, 2.45) is 0 Å². The van der Waals surface area contributed by atoms with Gasteiger partial charge in [-0.1, -0.05) is 18.2 Å². The lowest BCUT2D eigenvalue weighted by Crippen LogP contribution is -2.17. The molecular weight excluding hydrogens is 162 g/mol. The molecule has 0 radical (unpaired) electrons. The van der Waals surface area contributed by atoms with Crippen LogP contribution in [-0.2, 0) is 4.74 Å². The molecule has 2 nitrogen and oxygen atoms in total. The lowest BCUT2D eigenvalue weighted by molar-refractivity contribution is 0.247. The van der Waals surface area contributed by atoms with Gasteiger partial charge in [-0.25, -0.2) is 0 Å². The molecule has 0 N–H and O–H groups in total. The maximum absolute atomic E-state index is 5.44. The maximum atomic E-state index is 5.44. The van der Waals surface area contributed by atoms with Crippen LogP contribution in [0.25, 0.3) is 0 Å². The quantitative estimate of drug-likeness (QED) is 0.650. The Morgan fingerprint density at radius 2 is 1.85 bits per heavy atom. The topological polar surface area (TPSA) is 12.5 Å². The Morgan fingerprint density at radius 1 is 1.15 bits per heavy atom. The molecule has 1 aliphatic rings. The average Bonchev–Trinajstić information content (AvgIpc) is 2.49. The van der Waals surface area contributed by atoms with Crippen LogP contribution < -0.4 is 4.90 Å². The molecule has 0 aliphatic carbocycles. The van der Waals surface area contributed by atoms with E-state index < -0.39 is 0 Å². The van der Waals surface area contributed by atoms with Crippen LogP contribution in [0.4, 0.5) is 5.69 Å². The first-order chi connectivity index (χ1) is 6.29. The third kappa shape index (κ3) is 1.39. The summed E-state index contributed by atoms with van der Waals surface area (Å²) in [6.45, 7) is 4.72. The van der Waals surface area contributed by atoms with Gasteiger partial charge in [0.15, 0.2) is 6.73 Å². The molecular formula is C11H13NO. The molecule has 0 aromatic heterocycles. The monoisotopic (exact) mass is 175 g/mol. The summed E-state index contributed by atoms with van der Waals surface area (Å²) in [6, 6.07) is 10.3. The Balaban J connectivity index is 2.30. The van der Waals surface area contributed by atoms with Crippen molar-refractivity contribution >= 4 is 5.69 Å². The summed E-state index contributed by atoms with van der Waals surface area (Å²) >= 11 is 0. The van der Waals surface area contributed by atoms with Gasteiger partial charge in [-0.05, 0) is 26.0 Å². The fraction of sp³-hybridized carbons (Fsp3) is 0.273. The second-order valence-electron chi connectivity index (χ2n) is 3.18. The van der Waals surface area contributed by atoms with E-state index in [0.717, 1.165) is 5.76 Å². The van der Waals surface area contributed by atoms with Gasteiger partial charge in [-0.2, -0.15) is 0 Å². The lowest BCUT2D eigenvalue weighted by atomic mass is 10.3.